The van der Waals surface area contributed by atoms with Crippen molar-refractivity contribution < 1.29 is 9.90 Å². The fourth-order valence-electron chi connectivity index (χ4n) is 1.60. The van der Waals surface area contributed by atoms with Crippen LogP contribution in [-0.4, -0.2) is 11.1 Å². The fourth-order valence-corrected chi connectivity index (χ4v) is 1.86. The standard InChI is InChI=1S/C15H11BrO2/c16-13-9-6-11(7-10-13)5-8-12-3-1-2-4-14(12)15(17)18/h1-10H,(H,17,18)/b8-5+. The van der Waals surface area contributed by atoms with E-state index in [1.54, 1.807) is 18.2 Å². The first-order valence-electron chi connectivity index (χ1n) is 5.43. The molecule has 0 amide bonds. The van der Waals surface area contributed by atoms with Crippen molar-refractivity contribution in [3.8, 4) is 0 Å². The van der Waals surface area contributed by atoms with Crippen molar-refractivity contribution in [2.45, 2.75) is 0 Å². The van der Waals surface area contributed by atoms with Crippen molar-refractivity contribution in [2.75, 3.05) is 0 Å². The summed E-state index contributed by atoms with van der Waals surface area (Å²) >= 11 is 3.37. The van der Waals surface area contributed by atoms with Crippen molar-refractivity contribution in [1.82, 2.24) is 0 Å². The summed E-state index contributed by atoms with van der Waals surface area (Å²) in [6.07, 6.45) is 3.71. The van der Waals surface area contributed by atoms with Crippen LogP contribution in [0.15, 0.2) is 53.0 Å². The van der Waals surface area contributed by atoms with Crippen molar-refractivity contribution in [1.29, 1.82) is 0 Å². The third kappa shape index (κ3) is 3.08. The second-order valence-electron chi connectivity index (χ2n) is 3.78. The number of carboxylic acid groups (broad SMARTS) is 1. The molecule has 0 aliphatic rings. The molecule has 0 heterocycles. The second-order valence-corrected chi connectivity index (χ2v) is 4.69. The van der Waals surface area contributed by atoms with E-state index in [4.69, 9.17) is 5.11 Å². The lowest BCUT2D eigenvalue weighted by Crippen LogP contribution is -1.98. The van der Waals surface area contributed by atoms with Crippen LogP contribution in [0, 0.1) is 0 Å². The highest BCUT2D eigenvalue weighted by Gasteiger charge is 2.05. The molecule has 0 aromatic heterocycles. The van der Waals surface area contributed by atoms with Crippen molar-refractivity contribution in [3.63, 3.8) is 0 Å². The van der Waals surface area contributed by atoms with Crippen LogP contribution in [-0.2, 0) is 0 Å². The van der Waals surface area contributed by atoms with Crippen molar-refractivity contribution in [2.24, 2.45) is 0 Å². The van der Waals surface area contributed by atoms with Gasteiger partial charge < -0.3 is 5.11 Å². The third-order valence-electron chi connectivity index (χ3n) is 2.52. The Kier molecular flexibility index (Phi) is 3.95. The van der Waals surface area contributed by atoms with E-state index in [0.29, 0.717) is 11.1 Å². The lowest BCUT2D eigenvalue weighted by atomic mass is 10.1. The largest absolute Gasteiger partial charge is 0.478 e. The third-order valence-corrected chi connectivity index (χ3v) is 3.05. The molecule has 2 nitrogen and oxygen atoms in total. The molecule has 3 heteroatoms. The average Bonchev–Trinajstić information content (AvgIpc) is 2.38. The highest BCUT2D eigenvalue weighted by atomic mass is 79.9. The number of halogens is 1. The normalized spacial score (nSPS) is 10.7. The first-order chi connectivity index (χ1) is 8.66. The molecule has 0 atom stereocenters. The zero-order valence-electron chi connectivity index (χ0n) is 9.51. The molecule has 2 aromatic rings. The number of carbonyl (C=O) groups is 1. The van der Waals surface area contributed by atoms with Crippen LogP contribution in [0.4, 0.5) is 0 Å². The summed E-state index contributed by atoms with van der Waals surface area (Å²) in [7, 11) is 0. The highest BCUT2D eigenvalue weighted by molar-refractivity contribution is 9.10. The second kappa shape index (κ2) is 5.65. The van der Waals surface area contributed by atoms with Crippen LogP contribution < -0.4 is 0 Å². The molecule has 0 radical (unpaired) electrons. The predicted molar refractivity (Wildman–Crippen MR) is 76.5 cm³/mol. The van der Waals surface area contributed by atoms with Gasteiger partial charge in [0.15, 0.2) is 0 Å². The van der Waals surface area contributed by atoms with Crippen LogP contribution in [0.3, 0.4) is 0 Å². The number of benzene rings is 2. The van der Waals surface area contributed by atoms with E-state index < -0.39 is 5.97 Å². The molecule has 90 valence electrons. The Balaban J connectivity index is 2.29. The predicted octanol–water partition coefficient (Wildman–Crippen LogP) is 4.32. The lowest BCUT2D eigenvalue weighted by Gasteiger charge is -2.00. The van der Waals surface area contributed by atoms with Crippen LogP contribution in [0.5, 0.6) is 0 Å². The van der Waals surface area contributed by atoms with E-state index in [0.717, 1.165) is 10.0 Å². The molecule has 0 bridgehead atoms. The van der Waals surface area contributed by atoms with E-state index >= 15 is 0 Å². The first kappa shape index (κ1) is 12.6. The van der Waals surface area contributed by atoms with Gasteiger partial charge in [0.05, 0.1) is 5.56 Å². The molecular weight excluding hydrogens is 292 g/mol. The molecular formula is C15H11BrO2. The zero-order valence-corrected chi connectivity index (χ0v) is 11.1. The number of hydrogen-bond donors (Lipinski definition) is 1. The highest BCUT2D eigenvalue weighted by Crippen LogP contribution is 2.15. The molecule has 0 saturated heterocycles. The number of carboxylic acids is 1. The summed E-state index contributed by atoms with van der Waals surface area (Å²) in [5, 5.41) is 9.06. The lowest BCUT2D eigenvalue weighted by molar-refractivity contribution is 0.0696. The van der Waals surface area contributed by atoms with E-state index in [1.165, 1.54) is 0 Å². The van der Waals surface area contributed by atoms with Gasteiger partial charge in [0.25, 0.3) is 0 Å². The van der Waals surface area contributed by atoms with Crippen LogP contribution in [0.1, 0.15) is 21.5 Å². The van der Waals surface area contributed by atoms with Gasteiger partial charge in [-0.2, -0.15) is 0 Å². The zero-order chi connectivity index (χ0) is 13.0. The average molecular weight is 303 g/mol. The summed E-state index contributed by atoms with van der Waals surface area (Å²) in [6, 6.07) is 14.8. The first-order valence-corrected chi connectivity index (χ1v) is 6.22. The smallest absolute Gasteiger partial charge is 0.336 e. The van der Waals surface area contributed by atoms with E-state index in [-0.39, 0.29) is 0 Å². The van der Waals surface area contributed by atoms with Crippen LogP contribution in [0.2, 0.25) is 0 Å². The van der Waals surface area contributed by atoms with Crippen LogP contribution >= 0.6 is 15.9 Å². The maximum atomic E-state index is 11.0. The van der Waals surface area contributed by atoms with Crippen LogP contribution in [0.25, 0.3) is 12.2 Å². The Hall–Kier alpha value is -1.87. The Morgan fingerprint density at radius 1 is 1.00 bits per heavy atom. The summed E-state index contributed by atoms with van der Waals surface area (Å²) in [4.78, 5) is 11.0. The van der Waals surface area contributed by atoms with Crippen molar-refractivity contribution in [3.05, 3.63) is 69.7 Å². The molecule has 0 aliphatic heterocycles. The molecule has 2 rings (SSSR count). The van der Waals surface area contributed by atoms with Gasteiger partial charge in [-0.25, -0.2) is 4.79 Å². The Labute approximate surface area is 114 Å². The SMILES string of the molecule is O=C(O)c1ccccc1/C=C/c1ccc(Br)cc1. The van der Waals surface area contributed by atoms with Gasteiger partial charge in [0.2, 0.25) is 0 Å². The summed E-state index contributed by atoms with van der Waals surface area (Å²) < 4.78 is 1.02. The minimum atomic E-state index is -0.911. The molecule has 0 fully saturated rings. The summed E-state index contributed by atoms with van der Waals surface area (Å²) in [6.45, 7) is 0. The molecule has 0 spiro atoms. The van der Waals surface area contributed by atoms with E-state index in [1.807, 2.05) is 42.5 Å². The maximum absolute atomic E-state index is 11.0. The molecule has 0 unspecified atom stereocenters. The minimum absolute atomic E-state index is 0.311. The quantitative estimate of drug-likeness (QED) is 0.858. The number of aromatic carboxylic acids is 1. The van der Waals surface area contributed by atoms with Gasteiger partial charge in [0, 0.05) is 4.47 Å². The Morgan fingerprint density at radius 3 is 2.33 bits per heavy atom. The fraction of sp³-hybridized carbons (Fsp3) is 0. The van der Waals surface area contributed by atoms with E-state index in [9.17, 15) is 4.79 Å². The molecule has 0 saturated carbocycles. The van der Waals surface area contributed by atoms with Gasteiger partial charge in [-0.3, -0.25) is 0 Å². The maximum Gasteiger partial charge on any atom is 0.336 e. The van der Waals surface area contributed by atoms with Gasteiger partial charge in [-0.05, 0) is 29.3 Å². The van der Waals surface area contributed by atoms with Gasteiger partial charge in [-0.15, -0.1) is 0 Å². The minimum Gasteiger partial charge on any atom is -0.478 e. The number of rotatable bonds is 3. The summed E-state index contributed by atoms with van der Waals surface area (Å²) in [5.74, 6) is -0.911. The van der Waals surface area contributed by atoms with Gasteiger partial charge >= 0.3 is 5.97 Å². The molecule has 1 N–H and O–H groups in total. The van der Waals surface area contributed by atoms with Crippen molar-refractivity contribution >= 4 is 34.1 Å². The van der Waals surface area contributed by atoms with Gasteiger partial charge in [-0.1, -0.05) is 58.4 Å². The van der Waals surface area contributed by atoms with E-state index in [2.05, 4.69) is 15.9 Å². The topological polar surface area (TPSA) is 37.3 Å². The molecule has 18 heavy (non-hydrogen) atoms. The summed E-state index contributed by atoms with van der Waals surface area (Å²) in [5.41, 5.74) is 2.04. The van der Waals surface area contributed by atoms with Gasteiger partial charge in [0.1, 0.15) is 0 Å². The number of hydrogen-bond acceptors (Lipinski definition) is 1. The molecule has 2 aromatic carbocycles. The Bertz CT molecular complexity index is 586. The Morgan fingerprint density at radius 2 is 1.67 bits per heavy atom. The molecule has 0 aliphatic carbocycles. The monoisotopic (exact) mass is 302 g/mol.